The van der Waals surface area contributed by atoms with Crippen LogP contribution in [0.15, 0.2) is 114 Å². The summed E-state index contributed by atoms with van der Waals surface area (Å²) in [5, 5.41) is 11.5. The quantitative estimate of drug-likeness (QED) is 0.263. The van der Waals surface area contributed by atoms with Crippen LogP contribution < -0.4 is 9.80 Å². The van der Waals surface area contributed by atoms with E-state index in [9.17, 15) is 14.4 Å². The number of ketones is 1. The molecule has 0 radical (unpaired) electrons. The first-order chi connectivity index (χ1) is 20.4. The summed E-state index contributed by atoms with van der Waals surface area (Å²) in [5.41, 5.74) is 2.16. The largest absolute Gasteiger partial charge is 0.309 e. The summed E-state index contributed by atoms with van der Waals surface area (Å²) in [6, 6.07) is 26.7. The van der Waals surface area contributed by atoms with Crippen molar-refractivity contribution >= 4 is 40.5 Å². The monoisotopic (exact) mass is 574 g/mol. The van der Waals surface area contributed by atoms with Crippen molar-refractivity contribution in [3.05, 3.63) is 136 Å². The maximum absolute atomic E-state index is 15.0. The molecule has 2 aliphatic heterocycles. The number of aromatic nitrogens is 1. The van der Waals surface area contributed by atoms with Crippen LogP contribution in [0.25, 0.3) is 5.82 Å². The fourth-order valence-electron chi connectivity index (χ4n) is 6.62. The molecule has 3 aliphatic rings. The predicted molar refractivity (Wildman–Crippen MR) is 159 cm³/mol. The Morgan fingerprint density at radius 1 is 0.929 bits per heavy atom. The number of benzene rings is 3. The number of Topliss-reactive ketones (excluding diaryl/α,β-unsaturated/α-hetero) is 1. The van der Waals surface area contributed by atoms with E-state index in [1.54, 1.807) is 29.2 Å². The van der Waals surface area contributed by atoms with Gasteiger partial charge in [-0.2, -0.15) is 5.26 Å². The number of rotatable bonds is 4. The van der Waals surface area contributed by atoms with Crippen molar-refractivity contribution in [3.63, 3.8) is 0 Å². The summed E-state index contributed by atoms with van der Waals surface area (Å²) in [7, 11) is 0. The van der Waals surface area contributed by atoms with Crippen LogP contribution in [-0.4, -0.2) is 16.3 Å². The van der Waals surface area contributed by atoms with Crippen molar-refractivity contribution < 1.29 is 14.0 Å². The molecular formula is C34H24ClFN4O2. The Balaban J connectivity index is 1.56. The average Bonchev–Trinajstić information content (AvgIpc) is 3.61. The minimum absolute atomic E-state index is 0.157. The lowest BCUT2D eigenvalue weighted by Crippen LogP contribution is -2.51. The van der Waals surface area contributed by atoms with Gasteiger partial charge in [-0.3, -0.25) is 14.5 Å². The molecule has 3 aromatic carbocycles. The Bertz CT molecular complexity index is 1870. The number of allylic oxidation sites excluding steroid dienone is 1. The highest BCUT2D eigenvalue weighted by Gasteiger charge is 2.62. The fraction of sp³-hybridized carbons (Fsp3) is 0.147. The molecule has 4 aromatic rings. The molecule has 42 heavy (non-hydrogen) atoms. The number of hydrogen-bond donors (Lipinski definition) is 0. The van der Waals surface area contributed by atoms with E-state index < -0.39 is 5.41 Å². The first kappa shape index (κ1) is 26.0. The lowest BCUT2D eigenvalue weighted by atomic mass is 9.63. The number of halogens is 2. The smallest absolute Gasteiger partial charge is 0.248 e. The van der Waals surface area contributed by atoms with Gasteiger partial charge in [0.1, 0.15) is 23.1 Å². The molecule has 0 N–H and O–H groups in total. The van der Waals surface area contributed by atoms with Gasteiger partial charge in [-0.05, 0) is 66.9 Å². The number of para-hydroxylation sites is 1. The van der Waals surface area contributed by atoms with Crippen LogP contribution in [-0.2, 0) is 21.5 Å². The SMILES string of the molecule is N#CC1=C(n2cccc2)N(c2cccc(Cl)c2)C2=C(C(=O)CCC2)[C@@]12C(=O)N(Cc1ccc(F)cc1)c1ccccc12. The van der Waals surface area contributed by atoms with E-state index in [0.717, 1.165) is 5.56 Å². The molecule has 0 saturated carbocycles. The number of carbonyl (C=O) groups excluding carboxylic acids is 2. The molecule has 206 valence electrons. The zero-order valence-corrected chi connectivity index (χ0v) is 23.2. The standard InChI is InChI=1S/C34H24ClFN4O2/c35-23-7-5-8-25(19-23)40-29-11-6-12-30(41)31(29)34(27(20-37)32(40)38-17-3-4-18-38)26-9-1-2-10-28(26)39(33(34)42)21-22-13-15-24(36)16-14-22/h1-5,7-10,13-19H,6,11-12,21H2/t34-/m0/s1. The molecule has 1 spiro atoms. The lowest BCUT2D eigenvalue weighted by molar-refractivity contribution is -0.124. The summed E-state index contributed by atoms with van der Waals surface area (Å²) in [6.07, 6.45) is 5.08. The topological polar surface area (TPSA) is 69.3 Å². The van der Waals surface area contributed by atoms with Crippen LogP contribution in [0.1, 0.15) is 30.4 Å². The zero-order valence-electron chi connectivity index (χ0n) is 22.4. The second kappa shape index (κ2) is 9.86. The van der Waals surface area contributed by atoms with Gasteiger partial charge in [-0.1, -0.05) is 48.0 Å². The fourth-order valence-corrected chi connectivity index (χ4v) is 6.81. The molecule has 0 unspecified atom stereocenters. The highest BCUT2D eigenvalue weighted by atomic mass is 35.5. The second-order valence-corrected chi connectivity index (χ2v) is 11.0. The van der Waals surface area contributed by atoms with Gasteiger partial charge in [0, 0.05) is 52.0 Å². The van der Waals surface area contributed by atoms with Crippen molar-refractivity contribution in [1.29, 1.82) is 5.26 Å². The van der Waals surface area contributed by atoms with Crippen LogP contribution in [0.5, 0.6) is 0 Å². The first-order valence-corrected chi connectivity index (χ1v) is 14.1. The third kappa shape index (κ3) is 3.69. The number of amides is 1. The van der Waals surface area contributed by atoms with Crippen molar-refractivity contribution in [3.8, 4) is 6.07 Å². The van der Waals surface area contributed by atoms with E-state index in [2.05, 4.69) is 6.07 Å². The van der Waals surface area contributed by atoms with Crippen molar-refractivity contribution in [1.82, 2.24) is 4.57 Å². The maximum Gasteiger partial charge on any atom is 0.248 e. The van der Waals surface area contributed by atoms with Crippen molar-refractivity contribution in [2.45, 2.75) is 31.2 Å². The number of anilines is 2. The van der Waals surface area contributed by atoms with Gasteiger partial charge in [0.05, 0.1) is 12.1 Å². The second-order valence-electron chi connectivity index (χ2n) is 10.6. The van der Waals surface area contributed by atoms with Gasteiger partial charge >= 0.3 is 0 Å². The maximum atomic E-state index is 15.0. The Kier molecular flexibility index (Phi) is 6.10. The Morgan fingerprint density at radius 3 is 2.43 bits per heavy atom. The molecular weight excluding hydrogens is 551 g/mol. The third-order valence-electron chi connectivity index (χ3n) is 8.29. The molecule has 3 heterocycles. The lowest BCUT2D eigenvalue weighted by Gasteiger charge is -2.45. The normalized spacial score (nSPS) is 19.8. The van der Waals surface area contributed by atoms with Gasteiger partial charge in [0.25, 0.3) is 0 Å². The number of nitrogens with zero attached hydrogens (tertiary/aromatic N) is 4. The van der Waals surface area contributed by atoms with Crippen LogP contribution in [0.4, 0.5) is 15.8 Å². The number of fused-ring (bicyclic) bond motifs is 3. The number of nitriles is 1. The van der Waals surface area contributed by atoms with Gasteiger partial charge < -0.3 is 9.47 Å². The van der Waals surface area contributed by atoms with E-state index in [4.69, 9.17) is 11.6 Å². The third-order valence-corrected chi connectivity index (χ3v) is 8.52. The van der Waals surface area contributed by atoms with Gasteiger partial charge in [0.15, 0.2) is 5.78 Å². The number of carbonyl (C=O) groups is 2. The highest BCUT2D eigenvalue weighted by molar-refractivity contribution is 6.31. The minimum Gasteiger partial charge on any atom is -0.309 e. The molecule has 1 aromatic heterocycles. The summed E-state index contributed by atoms with van der Waals surface area (Å²) in [5.74, 6) is -0.424. The van der Waals surface area contributed by atoms with E-state index in [1.165, 1.54) is 12.1 Å². The Labute approximate surface area is 247 Å². The summed E-state index contributed by atoms with van der Waals surface area (Å²) in [6.45, 7) is 0.157. The minimum atomic E-state index is -1.65. The van der Waals surface area contributed by atoms with Crippen molar-refractivity contribution in [2.75, 3.05) is 9.80 Å². The molecule has 7 rings (SSSR count). The van der Waals surface area contributed by atoms with E-state index in [0.29, 0.717) is 51.9 Å². The van der Waals surface area contributed by atoms with Gasteiger partial charge in [-0.15, -0.1) is 0 Å². The van der Waals surface area contributed by atoms with Crippen molar-refractivity contribution in [2.24, 2.45) is 0 Å². The van der Waals surface area contributed by atoms with Crippen LogP contribution >= 0.6 is 11.6 Å². The molecule has 0 saturated heterocycles. The zero-order chi connectivity index (χ0) is 29.0. The summed E-state index contributed by atoms with van der Waals surface area (Å²) < 4.78 is 15.5. The highest BCUT2D eigenvalue weighted by Crippen LogP contribution is 2.58. The first-order valence-electron chi connectivity index (χ1n) is 13.7. The van der Waals surface area contributed by atoms with E-state index in [1.807, 2.05) is 70.4 Å². The van der Waals surface area contributed by atoms with E-state index >= 15 is 4.79 Å². The predicted octanol–water partition coefficient (Wildman–Crippen LogP) is 6.98. The summed E-state index contributed by atoms with van der Waals surface area (Å²) in [4.78, 5) is 32.6. The van der Waals surface area contributed by atoms with Gasteiger partial charge in [0.2, 0.25) is 5.91 Å². The molecule has 8 heteroatoms. The summed E-state index contributed by atoms with van der Waals surface area (Å²) >= 11 is 6.45. The van der Waals surface area contributed by atoms with Gasteiger partial charge in [-0.25, -0.2) is 4.39 Å². The molecule has 1 amide bonds. The van der Waals surface area contributed by atoms with Crippen LogP contribution in [0, 0.1) is 17.1 Å². The molecule has 6 nitrogen and oxygen atoms in total. The van der Waals surface area contributed by atoms with Crippen LogP contribution in [0.2, 0.25) is 5.02 Å². The number of hydrogen-bond acceptors (Lipinski definition) is 4. The molecule has 1 aliphatic carbocycles. The molecule has 1 atom stereocenters. The molecule has 0 fully saturated rings. The average molecular weight is 575 g/mol. The Morgan fingerprint density at radius 2 is 1.69 bits per heavy atom. The van der Waals surface area contributed by atoms with Crippen LogP contribution in [0.3, 0.4) is 0 Å². The Hall–Kier alpha value is -4.93. The van der Waals surface area contributed by atoms with E-state index in [-0.39, 0.29) is 36.0 Å². The molecule has 0 bridgehead atoms.